The first-order valence-corrected chi connectivity index (χ1v) is 4.03. The van der Waals surface area contributed by atoms with E-state index in [0.717, 1.165) is 32.5 Å². The minimum atomic E-state index is 0. The van der Waals surface area contributed by atoms with Gasteiger partial charge in [-0.05, 0) is 18.3 Å². The first-order valence-electron chi connectivity index (χ1n) is 4.03. The molecule has 4 heteroatoms. The van der Waals surface area contributed by atoms with Crippen LogP contribution in [0.5, 0.6) is 0 Å². The third-order valence-electron chi connectivity index (χ3n) is 2.32. The zero-order chi connectivity index (χ0) is 8.32. The van der Waals surface area contributed by atoms with Gasteiger partial charge in [0.15, 0.2) is 0 Å². The van der Waals surface area contributed by atoms with Gasteiger partial charge in [0.2, 0.25) is 0 Å². The van der Waals surface area contributed by atoms with Crippen molar-refractivity contribution in [1.29, 1.82) is 5.41 Å². The van der Waals surface area contributed by atoms with Gasteiger partial charge in [0.1, 0.15) is 0 Å². The average molecular weight is 193 g/mol. The van der Waals surface area contributed by atoms with Crippen molar-refractivity contribution >= 4 is 18.2 Å². The lowest BCUT2D eigenvalue weighted by molar-refractivity contribution is 0.0271. The van der Waals surface area contributed by atoms with Gasteiger partial charge in [-0.3, -0.25) is 5.41 Å². The maximum Gasteiger partial charge on any atom is 0.0910 e. The molecule has 1 heterocycles. The van der Waals surface area contributed by atoms with Crippen molar-refractivity contribution in [2.75, 3.05) is 13.2 Å². The van der Waals surface area contributed by atoms with Gasteiger partial charge in [-0.15, -0.1) is 12.4 Å². The maximum atomic E-state index is 7.19. The van der Waals surface area contributed by atoms with Crippen LogP contribution in [0.1, 0.15) is 26.2 Å². The molecule has 3 nitrogen and oxygen atoms in total. The first kappa shape index (κ1) is 11.7. The summed E-state index contributed by atoms with van der Waals surface area (Å²) in [5, 5.41) is 7.19. The molecule has 0 aliphatic carbocycles. The minimum Gasteiger partial charge on any atom is -0.388 e. The molecule has 0 spiro atoms. The van der Waals surface area contributed by atoms with Crippen LogP contribution in [0.2, 0.25) is 0 Å². The fraction of sp³-hybridized carbons (Fsp3) is 0.875. The van der Waals surface area contributed by atoms with E-state index in [9.17, 15) is 0 Å². The van der Waals surface area contributed by atoms with E-state index in [2.05, 4.69) is 6.92 Å². The summed E-state index contributed by atoms with van der Waals surface area (Å²) >= 11 is 0. The highest BCUT2D eigenvalue weighted by Crippen LogP contribution is 2.32. The first-order chi connectivity index (χ1) is 5.12. The number of ether oxygens (including phenoxy) is 1. The topological polar surface area (TPSA) is 59.1 Å². The minimum absolute atomic E-state index is 0. The summed E-state index contributed by atoms with van der Waals surface area (Å²) in [5.41, 5.74) is 5.58. The third kappa shape index (κ3) is 3.41. The number of hydrogen-bond donors (Lipinski definition) is 2. The summed E-state index contributed by atoms with van der Waals surface area (Å²) in [6, 6.07) is 0. The zero-order valence-electron chi connectivity index (χ0n) is 7.43. The molecule has 0 atom stereocenters. The summed E-state index contributed by atoms with van der Waals surface area (Å²) in [6.45, 7) is 3.82. The van der Waals surface area contributed by atoms with E-state index in [-0.39, 0.29) is 17.8 Å². The van der Waals surface area contributed by atoms with Crippen molar-refractivity contribution < 1.29 is 4.74 Å². The third-order valence-corrected chi connectivity index (χ3v) is 2.32. The molecule has 12 heavy (non-hydrogen) atoms. The van der Waals surface area contributed by atoms with Crippen LogP contribution in [0.4, 0.5) is 0 Å². The van der Waals surface area contributed by atoms with Gasteiger partial charge in [0.05, 0.1) is 5.84 Å². The highest BCUT2D eigenvalue weighted by atomic mass is 35.5. The van der Waals surface area contributed by atoms with Gasteiger partial charge in [-0.2, -0.15) is 0 Å². The Morgan fingerprint density at radius 1 is 1.50 bits per heavy atom. The number of halogens is 1. The highest BCUT2D eigenvalue weighted by molar-refractivity contribution is 5.85. The fourth-order valence-corrected chi connectivity index (χ4v) is 1.50. The van der Waals surface area contributed by atoms with Gasteiger partial charge in [0.25, 0.3) is 0 Å². The van der Waals surface area contributed by atoms with Crippen molar-refractivity contribution in [2.45, 2.75) is 26.2 Å². The lowest BCUT2D eigenvalue weighted by Crippen LogP contribution is -2.31. The Kier molecular flexibility index (Phi) is 4.57. The standard InChI is InChI=1S/C8H16N2O.ClH/c1-8(6-7(9)10)2-4-11-5-3-8;/h2-6H2,1H3,(H3,9,10);1H. The van der Waals surface area contributed by atoms with Crippen LogP contribution < -0.4 is 5.73 Å². The quantitative estimate of drug-likeness (QED) is 0.515. The summed E-state index contributed by atoms with van der Waals surface area (Å²) in [7, 11) is 0. The van der Waals surface area contributed by atoms with Gasteiger partial charge < -0.3 is 10.5 Å². The lowest BCUT2D eigenvalue weighted by Gasteiger charge is -2.32. The number of nitrogens with two attached hydrogens (primary N) is 1. The molecule has 0 unspecified atom stereocenters. The predicted octanol–water partition coefficient (Wildman–Crippen LogP) is 1.55. The maximum absolute atomic E-state index is 7.19. The Morgan fingerprint density at radius 2 is 2.00 bits per heavy atom. The molecule has 1 saturated heterocycles. The van der Waals surface area contributed by atoms with Gasteiger partial charge in [0, 0.05) is 19.6 Å². The molecular formula is C8H17ClN2O. The molecule has 1 aliphatic rings. The van der Waals surface area contributed by atoms with Crippen LogP contribution in [-0.2, 0) is 4.74 Å². The molecule has 0 saturated carbocycles. The second-order valence-corrected chi connectivity index (χ2v) is 3.63. The molecule has 1 rings (SSSR count). The Balaban J connectivity index is 0.00000121. The lowest BCUT2D eigenvalue weighted by atomic mass is 9.79. The van der Waals surface area contributed by atoms with Gasteiger partial charge >= 0.3 is 0 Å². The predicted molar refractivity (Wildman–Crippen MR) is 51.9 cm³/mol. The van der Waals surface area contributed by atoms with Crippen LogP contribution in [0.25, 0.3) is 0 Å². The second kappa shape index (κ2) is 4.67. The Morgan fingerprint density at radius 3 is 2.42 bits per heavy atom. The molecule has 0 amide bonds. The molecule has 0 aromatic carbocycles. The van der Waals surface area contributed by atoms with E-state index in [1.165, 1.54) is 0 Å². The molecule has 72 valence electrons. The number of rotatable bonds is 2. The molecule has 0 aromatic heterocycles. The average Bonchev–Trinajstić information content (AvgIpc) is 1.85. The van der Waals surface area contributed by atoms with E-state index < -0.39 is 0 Å². The number of hydrogen-bond acceptors (Lipinski definition) is 2. The van der Waals surface area contributed by atoms with E-state index in [4.69, 9.17) is 15.9 Å². The summed E-state index contributed by atoms with van der Waals surface area (Å²) in [6.07, 6.45) is 2.79. The van der Waals surface area contributed by atoms with Gasteiger partial charge in [-0.1, -0.05) is 6.92 Å². The van der Waals surface area contributed by atoms with E-state index in [1.54, 1.807) is 0 Å². The van der Waals surface area contributed by atoms with Crippen LogP contribution in [-0.4, -0.2) is 19.0 Å². The molecular weight excluding hydrogens is 176 g/mol. The second-order valence-electron chi connectivity index (χ2n) is 3.63. The number of nitrogens with one attached hydrogen (secondary N) is 1. The normalized spacial score (nSPS) is 21.1. The van der Waals surface area contributed by atoms with Crippen LogP contribution in [0.15, 0.2) is 0 Å². The molecule has 1 aliphatic heterocycles. The van der Waals surface area contributed by atoms with Crippen LogP contribution in [0, 0.1) is 10.8 Å². The molecule has 1 fully saturated rings. The zero-order valence-corrected chi connectivity index (χ0v) is 8.25. The molecule has 0 bridgehead atoms. The fourth-order valence-electron chi connectivity index (χ4n) is 1.50. The summed E-state index contributed by atoms with van der Waals surface area (Å²) in [4.78, 5) is 0. The van der Waals surface area contributed by atoms with E-state index in [0.29, 0.717) is 5.84 Å². The Labute approximate surface area is 79.6 Å². The monoisotopic (exact) mass is 192 g/mol. The van der Waals surface area contributed by atoms with Crippen molar-refractivity contribution in [3.63, 3.8) is 0 Å². The number of amidine groups is 1. The van der Waals surface area contributed by atoms with Crippen LogP contribution >= 0.6 is 12.4 Å². The SMILES string of the molecule is CC1(CC(=N)N)CCOCC1.Cl. The largest absolute Gasteiger partial charge is 0.388 e. The van der Waals surface area contributed by atoms with Crippen molar-refractivity contribution in [3.05, 3.63) is 0 Å². The van der Waals surface area contributed by atoms with E-state index >= 15 is 0 Å². The molecule has 0 aromatic rings. The van der Waals surface area contributed by atoms with Crippen molar-refractivity contribution in [1.82, 2.24) is 0 Å². The van der Waals surface area contributed by atoms with Crippen molar-refractivity contribution in [3.8, 4) is 0 Å². The van der Waals surface area contributed by atoms with Crippen molar-refractivity contribution in [2.24, 2.45) is 11.1 Å². The van der Waals surface area contributed by atoms with Crippen LogP contribution in [0.3, 0.4) is 0 Å². The Bertz CT molecular complexity index is 155. The van der Waals surface area contributed by atoms with E-state index in [1.807, 2.05) is 0 Å². The Hall–Kier alpha value is -0.280. The highest BCUT2D eigenvalue weighted by Gasteiger charge is 2.27. The molecule has 0 radical (unpaired) electrons. The molecule has 3 N–H and O–H groups in total. The summed E-state index contributed by atoms with van der Waals surface area (Å²) in [5.74, 6) is 0.300. The van der Waals surface area contributed by atoms with Gasteiger partial charge in [-0.25, -0.2) is 0 Å². The summed E-state index contributed by atoms with van der Waals surface area (Å²) < 4.78 is 5.24. The smallest absolute Gasteiger partial charge is 0.0910 e.